The lowest BCUT2D eigenvalue weighted by Crippen LogP contribution is -2.10. The molecule has 1 heterocycles. The zero-order chi connectivity index (χ0) is 14.5. The maximum absolute atomic E-state index is 12.7. The first kappa shape index (κ1) is 14.3. The van der Waals surface area contributed by atoms with Crippen molar-refractivity contribution in [1.82, 2.24) is 15.0 Å². The van der Waals surface area contributed by atoms with Crippen LogP contribution >= 0.6 is 0 Å². The summed E-state index contributed by atoms with van der Waals surface area (Å²) < 4.78 is 20.1. The quantitative estimate of drug-likeness (QED) is 0.825. The van der Waals surface area contributed by atoms with E-state index in [1.54, 1.807) is 12.1 Å². The number of ether oxygens (including phenoxy) is 1. The molecule has 0 aliphatic rings. The van der Waals surface area contributed by atoms with E-state index in [0.717, 1.165) is 12.1 Å². The minimum absolute atomic E-state index is 0.267. The van der Waals surface area contributed by atoms with Crippen molar-refractivity contribution in [2.24, 2.45) is 0 Å². The number of anilines is 1. The van der Waals surface area contributed by atoms with Crippen molar-refractivity contribution in [2.45, 2.75) is 32.7 Å². The van der Waals surface area contributed by atoms with Gasteiger partial charge in [-0.05, 0) is 30.2 Å². The van der Waals surface area contributed by atoms with Crippen LogP contribution in [0.15, 0.2) is 24.3 Å². The van der Waals surface area contributed by atoms with Crippen LogP contribution in [0.4, 0.5) is 10.2 Å². The zero-order valence-electron chi connectivity index (χ0n) is 11.7. The second-order valence-electron chi connectivity index (χ2n) is 4.89. The van der Waals surface area contributed by atoms with Crippen molar-refractivity contribution >= 4 is 5.82 Å². The molecule has 0 amide bonds. The van der Waals surface area contributed by atoms with Crippen molar-refractivity contribution < 1.29 is 9.13 Å². The Morgan fingerprint density at radius 2 is 2.00 bits per heavy atom. The molecule has 0 radical (unpaired) electrons. The third-order valence-electron chi connectivity index (χ3n) is 2.94. The number of nitrogens with zero attached hydrogens (tertiary/aromatic N) is 3. The first-order valence-corrected chi connectivity index (χ1v) is 6.65. The average molecular weight is 278 g/mol. The summed E-state index contributed by atoms with van der Waals surface area (Å²) in [5.41, 5.74) is 6.74. The van der Waals surface area contributed by atoms with Crippen molar-refractivity contribution in [2.75, 3.05) is 12.3 Å². The molecule has 0 bridgehead atoms. The third kappa shape index (κ3) is 3.46. The van der Waals surface area contributed by atoms with E-state index in [-0.39, 0.29) is 11.7 Å². The molecule has 2 rings (SSSR count). The van der Waals surface area contributed by atoms with E-state index < -0.39 is 0 Å². The predicted molar refractivity (Wildman–Crippen MR) is 75.0 cm³/mol. The fourth-order valence-electron chi connectivity index (χ4n) is 2.03. The van der Waals surface area contributed by atoms with Gasteiger partial charge in [-0.2, -0.15) is 0 Å². The number of nitrogen functional groups attached to an aromatic ring is 1. The van der Waals surface area contributed by atoms with Gasteiger partial charge in [0.2, 0.25) is 0 Å². The standard InChI is InChI=1S/C14H19FN4O/c1-10(2)13-14(16)17-18-19(13)8-3-9-20-12-6-4-11(15)5-7-12/h4-7,10H,3,8-9,16H2,1-2H3. The number of aryl methyl sites for hydroxylation is 1. The van der Waals surface area contributed by atoms with Crippen molar-refractivity contribution in [1.29, 1.82) is 0 Å². The highest BCUT2D eigenvalue weighted by Crippen LogP contribution is 2.19. The molecule has 1 aromatic carbocycles. The molecule has 0 fully saturated rings. The highest BCUT2D eigenvalue weighted by molar-refractivity contribution is 5.35. The molecule has 0 atom stereocenters. The van der Waals surface area contributed by atoms with Crippen LogP contribution in [0.1, 0.15) is 31.9 Å². The number of benzene rings is 1. The topological polar surface area (TPSA) is 66.0 Å². The predicted octanol–water partition coefficient (Wildman–Crippen LogP) is 2.59. The lowest BCUT2D eigenvalue weighted by Gasteiger charge is -2.10. The van der Waals surface area contributed by atoms with Crippen LogP contribution in [0.3, 0.4) is 0 Å². The maximum Gasteiger partial charge on any atom is 0.169 e. The summed E-state index contributed by atoms with van der Waals surface area (Å²) in [6.45, 7) is 5.34. The molecule has 0 aliphatic carbocycles. The van der Waals surface area contributed by atoms with Crippen molar-refractivity contribution in [3.8, 4) is 5.75 Å². The lowest BCUT2D eigenvalue weighted by molar-refractivity contribution is 0.296. The number of aromatic nitrogens is 3. The summed E-state index contributed by atoms with van der Waals surface area (Å²) in [7, 11) is 0. The molecule has 2 aromatic rings. The Labute approximate surface area is 117 Å². The molecular weight excluding hydrogens is 259 g/mol. The summed E-state index contributed by atoms with van der Waals surface area (Å²) >= 11 is 0. The van der Waals surface area contributed by atoms with E-state index in [1.165, 1.54) is 12.1 Å². The largest absolute Gasteiger partial charge is 0.494 e. The van der Waals surface area contributed by atoms with Crippen LogP contribution < -0.4 is 10.5 Å². The summed E-state index contributed by atoms with van der Waals surface area (Å²) in [5.74, 6) is 1.16. The molecule has 0 spiro atoms. The van der Waals surface area contributed by atoms with Crippen molar-refractivity contribution in [3.63, 3.8) is 0 Å². The second kappa shape index (κ2) is 6.36. The molecule has 0 unspecified atom stereocenters. The normalized spacial score (nSPS) is 11.0. The van der Waals surface area contributed by atoms with Crippen LogP contribution in [-0.2, 0) is 6.54 Å². The van der Waals surface area contributed by atoms with Gasteiger partial charge in [0.25, 0.3) is 0 Å². The Bertz CT molecular complexity index is 551. The fraction of sp³-hybridized carbons (Fsp3) is 0.429. The Morgan fingerprint density at radius 1 is 1.30 bits per heavy atom. The van der Waals surface area contributed by atoms with Crippen LogP contribution in [0, 0.1) is 5.82 Å². The molecule has 5 nitrogen and oxygen atoms in total. The van der Waals surface area contributed by atoms with Gasteiger partial charge in [-0.3, -0.25) is 0 Å². The maximum atomic E-state index is 12.7. The molecule has 0 aliphatic heterocycles. The molecule has 0 saturated carbocycles. The smallest absolute Gasteiger partial charge is 0.169 e. The van der Waals surface area contributed by atoms with E-state index >= 15 is 0 Å². The number of hydrogen-bond donors (Lipinski definition) is 1. The van der Waals surface area contributed by atoms with Crippen LogP contribution in [0.5, 0.6) is 5.75 Å². The van der Waals surface area contributed by atoms with E-state index in [9.17, 15) is 4.39 Å². The first-order valence-electron chi connectivity index (χ1n) is 6.65. The van der Waals surface area contributed by atoms with Gasteiger partial charge in [-0.25, -0.2) is 9.07 Å². The summed E-state index contributed by atoms with van der Waals surface area (Å²) in [5, 5.41) is 7.92. The molecule has 20 heavy (non-hydrogen) atoms. The van der Waals surface area contributed by atoms with Gasteiger partial charge in [0, 0.05) is 13.0 Å². The first-order chi connectivity index (χ1) is 9.58. The van der Waals surface area contributed by atoms with Gasteiger partial charge in [-0.15, -0.1) is 5.10 Å². The Kier molecular flexibility index (Phi) is 4.55. The molecule has 108 valence electrons. The lowest BCUT2D eigenvalue weighted by atomic mass is 10.1. The number of nitrogens with two attached hydrogens (primary N) is 1. The summed E-state index contributed by atoms with van der Waals surface area (Å²) in [6, 6.07) is 5.99. The van der Waals surface area contributed by atoms with Gasteiger partial charge < -0.3 is 10.5 Å². The van der Waals surface area contributed by atoms with E-state index in [4.69, 9.17) is 10.5 Å². The van der Waals surface area contributed by atoms with Crippen molar-refractivity contribution in [3.05, 3.63) is 35.8 Å². The van der Waals surface area contributed by atoms with Gasteiger partial charge in [0.1, 0.15) is 11.6 Å². The third-order valence-corrected chi connectivity index (χ3v) is 2.94. The molecular formula is C14H19FN4O. The number of rotatable bonds is 6. The Morgan fingerprint density at radius 3 is 2.65 bits per heavy atom. The van der Waals surface area contributed by atoms with Crippen LogP contribution in [-0.4, -0.2) is 21.6 Å². The Balaban J connectivity index is 1.83. The number of halogens is 1. The molecule has 0 saturated heterocycles. The molecule has 1 aromatic heterocycles. The van der Waals surface area contributed by atoms with Crippen LogP contribution in [0.25, 0.3) is 0 Å². The minimum atomic E-state index is -0.267. The molecule has 6 heteroatoms. The Hall–Kier alpha value is -2.11. The van der Waals surface area contributed by atoms with E-state index in [0.29, 0.717) is 24.7 Å². The SMILES string of the molecule is CC(C)c1c(N)nnn1CCCOc1ccc(F)cc1. The van der Waals surface area contributed by atoms with Gasteiger partial charge in [0.15, 0.2) is 5.82 Å². The minimum Gasteiger partial charge on any atom is -0.494 e. The second-order valence-corrected chi connectivity index (χ2v) is 4.89. The van der Waals surface area contributed by atoms with E-state index in [2.05, 4.69) is 24.2 Å². The van der Waals surface area contributed by atoms with Gasteiger partial charge in [-0.1, -0.05) is 19.1 Å². The van der Waals surface area contributed by atoms with Gasteiger partial charge >= 0.3 is 0 Å². The molecule has 2 N–H and O–H groups in total. The average Bonchev–Trinajstić information content (AvgIpc) is 2.78. The number of hydrogen-bond acceptors (Lipinski definition) is 4. The highest BCUT2D eigenvalue weighted by atomic mass is 19.1. The highest BCUT2D eigenvalue weighted by Gasteiger charge is 2.13. The zero-order valence-corrected chi connectivity index (χ0v) is 11.7. The fourth-order valence-corrected chi connectivity index (χ4v) is 2.03. The van der Waals surface area contributed by atoms with E-state index in [1.807, 2.05) is 4.68 Å². The van der Waals surface area contributed by atoms with Gasteiger partial charge in [0.05, 0.1) is 12.3 Å². The summed E-state index contributed by atoms with van der Waals surface area (Å²) in [4.78, 5) is 0. The monoisotopic (exact) mass is 278 g/mol. The van der Waals surface area contributed by atoms with Crippen LogP contribution in [0.2, 0.25) is 0 Å². The summed E-state index contributed by atoms with van der Waals surface area (Å²) in [6.07, 6.45) is 0.778.